The molecule has 0 saturated carbocycles. The van der Waals surface area contributed by atoms with Gasteiger partial charge in [0.25, 0.3) is 5.91 Å². The van der Waals surface area contributed by atoms with Crippen molar-refractivity contribution in [1.82, 2.24) is 10.2 Å². The molecule has 2 amide bonds. The Morgan fingerprint density at radius 1 is 1.40 bits per heavy atom. The number of benzene rings is 1. The fourth-order valence-corrected chi connectivity index (χ4v) is 2.01. The maximum atomic E-state index is 13.4. The van der Waals surface area contributed by atoms with Gasteiger partial charge in [-0.1, -0.05) is 6.58 Å². The molecule has 0 aliphatic carbocycles. The van der Waals surface area contributed by atoms with Crippen molar-refractivity contribution in [1.29, 1.82) is 0 Å². The minimum atomic E-state index is -0.889. The molecule has 1 N–H and O–H groups in total. The predicted octanol–water partition coefficient (Wildman–Crippen LogP) is 1.34. The van der Waals surface area contributed by atoms with Crippen molar-refractivity contribution in [3.63, 3.8) is 0 Å². The second-order valence-electron chi connectivity index (χ2n) is 4.65. The number of nitrogens with zero attached hydrogens (tertiary/aromatic N) is 1. The summed E-state index contributed by atoms with van der Waals surface area (Å²) in [5.74, 6) is -2.20. The average molecular weight is 280 g/mol. The van der Waals surface area contributed by atoms with E-state index >= 15 is 0 Å². The summed E-state index contributed by atoms with van der Waals surface area (Å²) in [6, 6.07) is 2.81. The number of rotatable bonds is 4. The molecule has 1 aromatic rings. The quantitative estimate of drug-likeness (QED) is 0.846. The van der Waals surface area contributed by atoms with Gasteiger partial charge in [0, 0.05) is 31.6 Å². The highest BCUT2D eigenvalue weighted by Crippen LogP contribution is 2.15. The first kappa shape index (κ1) is 14.2. The fraction of sp³-hybridized carbons (Fsp3) is 0.286. The normalized spacial score (nSPS) is 14.6. The van der Waals surface area contributed by atoms with E-state index in [1.165, 1.54) is 6.08 Å². The number of hydrogen-bond acceptors (Lipinski definition) is 2. The SMILES string of the molecule is C=CC(=O)N1CC(CNC(=O)c2ccc(F)cc2F)C1. The lowest BCUT2D eigenvalue weighted by atomic mass is 10.00. The molecule has 4 nitrogen and oxygen atoms in total. The molecule has 1 heterocycles. The monoisotopic (exact) mass is 280 g/mol. The Balaban J connectivity index is 1.82. The van der Waals surface area contributed by atoms with Crippen molar-refractivity contribution in [2.75, 3.05) is 19.6 Å². The third kappa shape index (κ3) is 3.01. The maximum absolute atomic E-state index is 13.4. The van der Waals surface area contributed by atoms with E-state index in [0.29, 0.717) is 25.7 Å². The lowest BCUT2D eigenvalue weighted by Crippen LogP contribution is -2.53. The molecule has 1 fully saturated rings. The van der Waals surface area contributed by atoms with Crippen LogP contribution >= 0.6 is 0 Å². The molecule has 0 bridgehead atoms. The number of nitrogens with one attached hydrogen (secondary N) is 1. The highest BCUT2D eigenvalue weighted by Gasteiger charge is 2.29. The summed E-state index contributed by atoms with van der Waals surface area (Å²) < 4.78 is 26.1. The third-order valence-corrected chi connectivity index (χ3v) is 3.17. The zero-order chi connectivity index (χ0) is 14.7. The lowest BCUT2D eigenvalue weighted by molar-refractivity contribution is -0.131. The molecule has 2 rings (SSSR count). The average Bonchev–Trinajstić information content (AvgIpc) is 2.36. The van der Waals surface area contributed by atoms with Gasteiger partial charge in [-0.15, -0.1) is 0 Å². The molecule has 1 aliphatic rings. The summed E-state index contributed by atoms with van der Waals surface area (Å²) in [6.07, 6.45) is 1.24. The number of amides is 2. The van der Waals surface area contributed by atoms with E-state index in [2.05, 4.69) is 11.9 Å². The van der Waals surface area contributed by atoms with Gasteiger partial charge in [-0.05, 0) is 18.2 Å². The van der Waals surface area contributed by atoms with Crippen LogP contribution in [0.4, 0.5) is 8.78 Å². The van der Waals surface area contributed by atoms with E-state index in [0.717, 1.165) is 12.1 Å². The van der Waals surface area contributed by atoms with Crippen LogP contribution in [-0.2, 0) is 4.79 Å². The van der Waals surface area contributed by atoms with Crippen LogP contribution in [0.25, 0.3) is 0 Å². The molecular formula is C14H14F2N2O2. The summed E-state index contributed by atoms with van der Waals surface area (Å²) in [5.41, 5.74) is -0.190. The highest BCUT2D eigenvalue weighted by molar-refractivity contribution is 5.94. The van der Waals surface area contributed by atoms with Crippen LogP contribution in [0.2, 0.25) is 0 Å². The van der Waals surface area contributed by atoms with Crippen molar-refractivity contribution < 1.29 is 18.4 Å². The Morgan fingerprint density at radius 3 is 2.70 bits per heavy atom. The van der Waals surface area contributed by atoms with E-state index in [1.54, 1.807) is 4.90 Å². The predicted molar refractivity (Wildman–Crippen MR) is 69.0 cm³/mol. The standard InChI is InChI=1S/C14H14F2N2O2/c1-2-13(19)18-7-9(8-18)6-17-14(20)11-4-3-10(15)5-12(11)16/h2-5,9H,1,6-8H2,(H,17,20). The van der Waals surface area contributed by atoms with Crippen LogP contribution in [0.3, 0.4) is 0 Å². The molecule has 0 radical (unpaired) electrons. The maximum Gasteiger partial charge on any atom is 0.254 e. The van der Waals surface area contributed by atoms with Crippen LogP contribution in [0.5, 0.6) is 0 Å². The van der Waals surface area contributed by atoms with E-state index in [-0.39, 0.29) is 17.4 Å². The molecule has 0 unspecified atom stereocenters. The Bertz CT molecular complexity index is 554. The van der Waals surface area contributed by atoms with Crippen LogP contribution in [0, 0.1) is 17.6 Å². The summed E-state index contributed by atoms with van der Waals surface area (Å²) >= 11 is 0. The minimum absolute atomic E-state index is 0.142. The molecule has 106 valence electrons. The van der Waals surface area contributed by atoms with Gasteiger partial charge in [-0.3, -0.25) is 9.59 Å². The number of carbonyl (C=O) groups excluding carboxylic acids is 2. The summed E-state index contributed by atoms with van der Waals surface area (Å²) in [7, 11) is 0. The second-order valence-corrected chi connectivity index (χ2v) is 4.65. The van der Waals surface area contributed by atoms with Gasteiger partial charge in [0.2, 0.25) is 5.91 Å². The third-order valence-electron chi connectivity index (χ3n) is 3.17. The van der Waals surface area contributed by atoms with Crippen molar-refractivity contribution >= 4 is 11.8 Å². The number of likely N-dealkylation sites (tertiary alicyclic amines) is 1. The lowest BCUT2D eigenvalue weighted by Gasteiger charge is -2.38. The smallest absolute Gasteiger partial charge is 0.254 e. The summed E-state index contributed by atoms with van der Waals surface area (Å²) in [6.45, 7) is 4.81. The van der Waals surface area contributed by atoms with Gasteiger partial charge >= 0.3 is 0 Å². The Morgan fingerprint density at radius 2 is 2.10 bits per heavy atom. The summed E-state index contributed by atoms with van der Waals surface area (Å²) in [5, 5.41) is 2.57. The van der Waals surface area contributed by atoms with Crippen molar-refractivity contribution in [3.8, 4) is 0 Å². The molecule has 20 heavy (non-hydrogen) atoms. The molecule has 1 aromatic carbocycles. The van der Waals surface area contributed by atoms with Gasteiger partial charge < -0.3 is 10.2 Å². The largest absolute Gasteiger partial charge is 0.352 e. The molecule has 1 saturated heterocycles. The van der Waals surface area contributed by atoms with Gasteiger partial charge in [0.15, 0.2) is 0 Å². The first-order valence-electron chi connectivity index (χ1n) is 6.16. The van der Waals surface area contributed by atoms with Gasteiger partial charge in [-0.25, -0.2) is 8.78 Å². The van der Waals surface area contributed by atoms with Gasteiger partial charge in [0.1, 0.15) is 11.6 Å². The second kappa shape index (κ2) is 5.81. The van der Waals surface area contributed by atoms with E-state index < -0.39 is 17.5 Å². The molecule has 0 spiro atoms. The van der Waals surface area contributed by atoms with Crippen LogP contribution in [-0.4, -0.2) is 36.3 Å². The van der Waals surface area contributed by atoms with Crippen molar-refractivity contribution in [2.45, 2.75) is 0 Å². The Labute approximate surface area is 115 Å². The minimum Gasteiger partial charge on any atom is -0.352 e. The van der Waals surface area contributed by atoms with E-state index in [9.17, 15) is 18.4 Å². The zero-order valence-electron chi connectivity index (χ0n) is 10.7. The Kier molecular flexibility index (Phi) is 4.12. The Hall–Kier alpha value is -2.24. The van der Waals surface area contributed by atoms with E-state index in [4.69, 9.17) is 0 Å². The number of halogens is 2. The van der Waals surface area contributed by atoms with Gasteiger partial charge in [-0.2, -0.15) is 0 Å². The van der Waals surface area contributed by atoms with Gasteiger partial charge in [0.05, 0.1) is 5.56 Å². The topological polar surface area (TPSA) is 49.4 Å². The molecular weight excluding hydrogens is 266 g/mol. The van der Waals surface area contributed by atoms with E-state index in [1.807, 2.05) is 0 Å². The van der Waals surface area contributed by atoms with Crippen LogP contribution in [0.1, 0.15) is 10.4 Å². The zero-order valence-corrected chi connectivity index (χ0v) is 10.7. The first-order valence-corrected chi connectivity index (χ1v) is 6.16. The molecule has 0 aromatic heterocycles. The highest BCUT2D eigenvalue weighted by atomic mass is 19.1. The van der Waals surface area contributed by atoms with Crippen molar-refractivity contribution in [2.24, 2.45) is 5.92 Å². The molecule has 0 atom stereocenters. The van der Waals surface area contributed by atoms with Crippen LogP contribution in [0.15, 0.2) is 30.9 Å². The number of carbonyl (C=O) groups is 2. The molecule has 6 heteroatoms. The number of hydrogen-bond donors (Lipinski definition) is 1. The van der Waals surface area contributed by atoms with Crippen LogP contribution < -0.4 is 5.32 Å². The fourth-order valence-electron chi connectivity index (χ4n) is 2.01. The van der Waals surface area contributed by atoms with Crippen molar-refractivity contribution in [3.05, 3.63) is 48.1 Å². The molecule has 1 aliphatic heterocycles. The first-order chi connectivity index (χ1) is 9.51. The summed E-state index contributed by atoms with van der Waals surface area (Å²) in [4.78, 5) is 24.5.